The molecule has 0 fully saturated rings. The standard InChI is InChI=1S/C12H16ClNOS/c1-10-4-2-3-5-11(10)9-16-7-6-14-12(15)8-13/h2-5H,6-9H2,1H3,(H,14,15). The molecule has 4 heteroatoms. The summed E-state index contributed by atoms with van der Waals surface area (Å²) in [6, 6.07) is 8.35. The van der Waals surface area contributed by atoms with E-state index in [0.717, 1.165) is 11.5 Å². The van der Waals surface area contributed by atoms with Crippen LogP contribution >= 0.6 is 23.4 Å². The monoisotopic (exact) mass is 257 g/mol. The van der Waals surface area contributed by atoms with E-state index >= 15 is 0 Å². The Morgan fingerprint density at radius 1 is 1.44 bits per heavy atom. The first kappa shape index (κ1) is 13.4. The normalized spacial score (nSPS) is 10.1. The second-order valence-corrected chi connectivity index (χ2v) is 4.84. The van der Waals surface area contributed by atoms with Gasteiger partial charge < -0.3 is 5.32 Å². The number of hydrogen-bond acceptors (Lipinski definition) is 2. The number of benzene rings is 1. The highest BCUT2D eigenvalue weighted by atomic mass is 35.5. The van der Waals surface area contributed by atoms with Crippen LogP contribution < -0.4 is 5.32 Å². The van der Waals surface area contributed by atoms with Crippen molar-refractivity contribution in [2.45, 2.75) is 12.7 Å². The van der Waals surface area contributed by atoms with Crippen LogP contribution in [0.15, 0.2) is 24.3 Å². The SMILES string of the molecule is Cc1ccccc1CSCCNC(=O)CCl. The molecule has 0 saturated carbocycles. The fraction of sp³-hybridized carbons (Fsp3) is 0.417. The Morgan fingerprint density at radius 2 is 2.19 bits per heavy atom. The largest absolute Gasteiger partial charge is 0.354 e. The zero-order chi connectivity index (χ0) is 11.8. The molecule has 0 unspecified atom stereocenters. The summed E-state index contributed by atoms with van der Waals surface area (Å²) in [6.07, 6.45) is 0. The summed E-state index contributed by atoms with van der Waals surface area (Å²) in [5.74, 6) is 1.85. The number of hydrogen-bond donors (Lipinski definition) is 1. The van der Waals surface area contributed by atoms with Crippen molar-refractivity contribution in [2.75, 3.05) is 18.2 Å². The van der Waals surface area contributed by atoms with E-state index in [2.05, 4.69) is 30.4 Å². The Labute approximate surface area is 106 Å². The molecule has 0 spiro atoms. The van der Waals surface area contributed by atoms with Crippen LogP contribution in [0.1, 0.15) is 11.1 Å². The van der Waals surface area contributed by atoms with Crippen molar-refractivity contribution in [3.05, 3.63) is 35.4 Å². The predicted molar refractivity (Wildman–Crippen MR) is 71.1 cm³/mol. The lowest BCUT2D eigenvalue weighted by atomic mass is 10.1. The van der Waals surface area contributed by atoms with Crippen molar-refractivity contribution in [3.63, 3.8) is 0 Å². The number of aryl methyl sites for hydroxylation is 1. The molecule has 1 aromatic rings. The molecular weight excluding hydrogens is 242 g/mol. The molecule has 0 radical (unpaired) electrons. The summed E-state index contributed by atoms with van der Waals surface area (Å²) in [7, 11) is 0. The summed E-state index contributed by atoms with van der Waals surface area (Å²) < 4.78 is 0. The van der Waals surface area contributed by atoms with Crippen molar-refractivity contribution in [1.29, 1.82) is 0 Å². The van der Waals surface area contributed by atoms with Gasteiger partial charge in [0.2, 0.25) is 5.91 Å². The molecule has 1 rings (SSSR count). The van der Waals surface area contributed by atoms with Crippen LogP contribution in [0.3, 0.4) is 0 Å². The number of alkyl halides is 1. The minimum Gasteiger partial charge on any atom is -0.354 e. The molecule has 0 aliphatic rings. The third-order valence-corrected chi connectivity index (χ3v) is 3.46. The van der Waals surface area contributed by atoms with E-state index in [1.54, 1.807) is 0 Å². The molecule has 0 atom stereocenters. The van der Waals surface area contributed by atoms with E-state index in [-0.39, 0.29) is 11.8 Å². The number of halogens is 1. The van der Waals surface area contributed by atoms with Crippen LogP contribution in [0.4, 0.5) is 0 Å². The first-order valence-corrected chi connectivity index (χ1v) is 6.88. The zero-order valence-corrected chi connectivity index (χ0v) is 10.9. The molecular formula is C12H16ClNOS. The third-order valence-electron chi connectivity index (χ3n) is 2.21. The van der Waals surface area contributed by atoms with E-state index in [9.17, 15) is 4.79 Å². The molecule has 0 heterocycles. The minimum atomic E-state index is -0.0989. The Bertz CT molecular complexity index is 344. The number of rotatable bonds is 6. The first-order valence-electron chi connectivity index (χ1n) is 5.19. The molecule has 0 aromatic heterocycles. The smallest absolute Gasteiger partial charge is 0.234 e. The highest BCUT2D eigenvalue weighted by molar-refractivity contribution is 7.98. The van der Waals surface area contributed by atoms with Gasteiger partial charge in [0.1, 0.15) is 5.88 Å². The molecule has 0 aliphatic heterocycles. The van der Waals surface area contributed by atoms with E-state index in [1.807, 2.05) is 17.8 Å². The van der Waals surface area contributed by atoms with Crippen molar-refractivity contribution in [3.8, 4) is 0 Å². The van der Waals surface area contributed by atoms with Gasteiger partial charge in [0, 0.05) is 18.1 Å². The van der Waals surface area contributed by atoms with Gasteiger partial charge in [-0.25, -0.2) is 0 Å². The van der Waals surface area contributed by atoms with Crippen LogP contribution in [-0.4, -0.2) is 24.1 Å². The summed E-state index contributed by atoms with van der Waals surface area (Å²) >= 11 is 7.18. The van der Waals surface area contributed by atoms with Crippen LogP contribution in [0, 0.1) is 6.92 Å². The van der Waals surface area contributed by atoms with E-state index in [0.29, 0.717) is 6.54 Å². The average Bonchev–Trinajstić information content (AvgIpc) is 2.30. The molecule has 0 aliphatic carbocycles. The molecule has 0 bridgehead atoms. The maximum Gasteiger partial charge on any atom is 0.234 e. The molecule has 1 N–H and O–H groups in total. The molecule has 1 amide bonds. The minimum absolute atomic E-state index is 0.0441. The molecule has 1 aromatic carbocycles. The molecule has 88 valence electrons. The van der Waals surface area contributed by atoms with Gasteiger partial charge >= 0.3 is 0 Å². The van der Waals surface area contributed by atoms with E-state index in [4.69, 9.17) is 11.6 Å². The second-order valence-electron chi connectivity index (χ2n) is 3.46. The van der Waals surface area contributed by atoms with Gasteiger partial charge in [0.15, 0.2) is 0 Å². The van der Waals surface area contributed by atoms with Crippen molar-refractivity contribution >= 4 is 29.3 Å². The van der Waals surface area contributed by atoms with Gasteiger partial charge in [0.05, 0.1) is 0 Å². The number of carbonyl (C=O) groups is 1. The quantitative estimate of drug-likeness (QED) is 0.627. The highest BCUT2D eigenvalue weighted by Gasteiger charge is 1.99. The van der Waals surface area contributed by atoms with Gasteiger partial charge in [-0.1, -0.05) is 24.3 Å². The highest BCUT2D eigenvalue weighted by Crippen LogP contribution is 2.15. The summed E-state index contributed by atoms with van der Waals surface area (Å²) in [4.78, 5) is 10.8. The van der Waals surface area contributed by atoms with Crippen molar-refractivity contribution in [1.82, 2.24) is 5.32 Å². The lowest BCUT2D eigenvalue weighted by molar-refractivity contribution is -0.118. The van der Waals surface area contributed by atoms with Gasteiger partial charge in [0.25, 0.3) is 0 Å². The van der Waals surface area contributed by atoms with Crippen LogP contribution in [0.5, 0.6) is 0 Å². The van der Waals surface area contributed by atoms with Gasteiger partial charge in [-0.05, 0) is 18.1 Å². The average molecular weight is 258 g/mol. The first-order chi connectivity index (χ1) is 7.74. The van der Waals surface area contributed by atoms with Gasteiger partial charge in [-0.3, -0.25) is 4.79 Å². The lowest BCUT2D eigenvalue weighted by Gasteiger charge is -2.05. The van der Waals surface area contributed by atoms with Gasteiger partial charge in [-0.15, -0.1) is 11.6 Å². The van der Waals surface area contributed by atoms with Crippen molar-refractivity contribution in [2.24, 2.45) is 0 Å². The molecule has 16 heavy (non-hydrogen) atoms. The van der Waals surface area contributed by atoms with Gasteiger partial charge in [-0.2, -0.15) is 11.8 Å². The Hall–Kier alpha value is -0.670. The molecule has 2 nitrogen and oxygen atoms in total. The van der Waals surface area contributed by atoms with Crippen LogP contribution in [0.2, 0.25) is 0 Å². The van der Waals surface area contributed by atoms with Crippen LogP contribution in [0.25, 0.3) is 0 Å². The fourth-order valence-corrected chi connectivity index (χ4v) is 2.29. The van der Waals surface area contributed by atoms with E-state index in [1.165, 1.54) is 11.1 Å². The maximum absolute atomic E-state index is 10.8. The second kappa shape index (κ2) is 7.58. The number of nitrogens with one attached hydrogen (secondary N) is 1. The third kappa shape index (κ3) is 4.90. The Kier molecular flexibility index (Phi) is 6.34. The zero-order valence-electron chi connectivity index (χ0n) is 9.33. The fourth-order valence-electron chi connectivity index (χ4n) is 1.26. The predicted octanol–water partition coefficient (Wildman–Crippen LogP) is 2.58. The van der Waals surface area contributed by atoms with Crippen LogP contribution in [-0.2, 0) is 10.5 Å². The topological polar surface area (TPSA) is 29.1 Å². The summed E-state index contributed by atoms with van der Waals surface area (Å²) in [5.41, 5.74) is 2.68. The molecule has 0 saturated heterocycles. The Balaban J connectivity index is 2.17. The number of amides is 1. The summed E-state index contributed by atoms with van der Waals surface area (Å²) in [6.45, 7) is 2.80. The maximum atomic E-state index is 10.8. The summed E-state index contributed by atoms with van der Waals surface area (Å²) in [5, 5.41) is 2.74. The lowest BCUT2D eigenvalue weighted by Crippen LogP contribution is -2.26. The van der Waals surface area contributed by atoms with E-state index < -0.39 is 0 Å². The Morgan fingerprint density at radius 3 is 2.88 bits per heavy atom. The number of thioether (sulfide) groups is 1. The number of carbonyl (C=O) groups excluding carboxylic acids is 1. The van der Waals surface area contributed by atoms with Crippen molar-refractivity contribution < 1.29 is 4.79 Å².